The Bertz CT molecular complexity index is 1790. The Kier molecular flexibility index (Phi) is 7.74. The number of sulfone groups is 1. The third-order valence-corrected chi connectivity index (χ3v) is 10.1. The second kappa shape index (κ2) is 11.4. The zero-order chi connectivity index (χ0) is 28.6. The maximum Gasteiger partial charge on any atom is 0.175 e. The van der Waals surface area contributed by atoms with E-state index < -0.39 is 9.84 Å². The molecule has 1 fully saturated rings. The molecule has 1 aliphatic heterocycles. The minimum atomic E-state index is -3.30. The number of thiophene rings is 1. The van der Waals surface area contributed by atoms with Crippen molar-refractivity contribution in [3.05, 3.63) is 107 Å². The summed E-state index contributed by atoms with van der Waals surface area (Å²) in [7, 11) is -1.61. The van der Waals surface area contributed by atoms with Gasteiger partial charge >= 0.3 is 0 Å². The van der Waals surface area contributed by atoms with Gasteiger partial charge in [0.1, 0.15) is 5.75 Å². The van der Waals surface area contributed by atoms with E-state index in [1.54, 1.807) is 36.6 Å². The Morgan fingerprint density at radius 3 is 2.51 bits per heavy atom. The fourth-order valence-electron chi connectivity index (χ4n) is 5.43. The number of nitrogens with zero attached hydrogens (tertiary/aromatic N) is 3. The number of aromatic nitrogens is 2. The van der Waals surface area contributed by atoms with Gasteiger partial charge in [0.15, 0.2) is 9.84 Å². The van der Waals surface area contributed by atoms with Gasteiger partial charge in [-0.1, -0.05) is 48.0 Å². The third kappa shape index (κ3) is 5.83. The van der Waals surface area contributed by atoms with Crippen LogP contribution < -0.4 is 4.74 Å². The third-order valence-electron chi connectivity index (χ3n) is 7.48. The minimum absolute atomic E-state index is 0.311. The van der Waals surface area contributed by atoms with E-state index in [-0.39, 0.29) is 0 Å². The molecule has 41 heavy (non-hydrogen) atoms. The number of ether oxygens (including phenoxy) is 1. The highest BCUT2D eigenvalue weighted by Crippen LogP contribution is 2.39. The number of rotatable bonds is 8. The molecule has 1 unspecified atom stereocenters. The van der Waals surface area contributed by atoms with E-state index in [1.165, 1.54) is 11.8 Å². The van der Waals surface area contributed by atoms with Crippen molar-refractivity contribution in [2.24, 2.45) is 0 Å². The van der Waals surface area contributed by atoms with Crippen molar-refractivity contribution in [2.75, 3.05) is 19.9 Å². The summed E-state index contributed by atoms with van der Waals surface area (Å²) in [5.41, 5.74) is 4.89. The molecule has 1 atom stereocenters. The summed E-state index contributed by atoms with van der Waals surface area (Å²) in [6.45, 7) is 1.72. The number of para-hydroxylation sites is 1. The molecule has 1 saturated heterocycles. The lowest BCUT2D eigenvalue weighted by Crippen LogP contribution is -2.23. The van der Waals surface area contributed by atoms with Gasteiger partial charge in [0.25, 0.3) is 0 Å². The molecule has 0 radical (unpaired) electrons. The van der Waals surface area contributed by atoms with Crippen molar-refractivity contribution in [3.63, 3.8) is 0 Å². The highest BCUT2D eigenvalue weighted by Gasteiger charge is 2.27. The number of hydrogen-bond donors (Lipinski definition) is 0. The van der Waals surface area contributed by atoms with Gasteiger partial charge in [-0.2, -0.15) is 5.10 Å². The number of likely N-dealkylation sites (tertiary alicyclic amines) is 1. The summed E-state index contributed by atoms with van der Waals surface area (Å²) < 4.78 is 31.5. The Balaban J connectivity index is 1.35. The van der Waals surface area contributed by atoms with Gasteiger partial charge in [0.05, 0.1) is 39.0 Å². The topological polar surface area (TPSA) is 64.4 Å². The standard InChI is InChI=1S/C32H30ClN3O3S2/c1-39-25-14-12-22(13-15-25)28-11-6-18-35(28)21-24-20-30(36(34-24)29-10-4-3-9-27(29)33)32-17-16-31(40-32)23-7-5-8-26(19-23)41(2,37)38/h3-5,7-10,12-17,19-20,28H,6,11,18,21H2,1-2H3. The van der Waals surface area contributed by atoms with Crippen molar-refractivity contribution in [1.82, 2.24) is 14.7 Å². The summed E-state index contributed by atoms with van der Waals surface area (Å²) >= 11 is 8.26. The van der Waals surface area contributed by atoms with Crippen molar-refractivity contribution in [1.29, 1.82) is 0 Å². The smallest absolute Gasteiger partial charge is 0.175 e. The van der Waals surface area contributed by atoms with E-state index in [0.29, 0.717) is 16.0 Å². The van der Waals surface area contributed by atoms with Crippen LogP contribution in [0.25, 0.3) is 26.7 Å². The van der Waals surface area contributed by atoms with E-state index in [9.17, 15) is 8.42 Å². The van der Waals surface area contributed by atoms with Gasteiger partial charge < -0.3 is 4.74 Å². The maximum atomic E-state index is 12.1. The van der Waals surface area contributed by atoms with Crippen LogP contribution in [0.5, 0.6) is 5.75 Å². The molecule has 0 saturated carbocycles. The molecule has 0 bridgehead atoms. The van der Waals surface area contributed by atoms with Crippen molar-refractivity contribution >= 4 is 32.8 Å². The Morgan fingerprint density at radius 2 is 1.76 bits per heavy atom. The molecule has 9 heteroatoms. The second-order valence-corrected chi connectivity index (χ2v) is 13.8. The highest BCUT2D eigenvalue weighted by atomic mass is 35.5. The molecule has 2 aromatic heterocycles. The lowest BCUT2D eigenvalue weighted by atomic mass is 10.0. The van der Waals surface area contributed by atoms with Gasteiger partial charge in [-0.3, -0.25) is 4.90 Å². The molecular formula is C32H30ClN3O3S2. The molecule has 0 spiro atoms. The SMILES string of the molecule is COc1ccc(C2CCCN2Cc2cc(-c3ccc(-c4cccc(S(C)(=O)=O)c4)s3)n(-c3ccccc3Cl)n2)cc1. The van der Waals surface area contributed by atoms with Crippen LogP contribution in [0.4, 0.5) is 0 Å². The van der Waals surface area contributed by atoms with Crippen molar-refractivity contribution < 1.29 is 13.2 Å². The van der Waals surface area contributed by atoms with E-state index in [2.05, 4.69) is 29.2 Å². The molecule has 3 aromatic carbocycles. The van der Waals surface area contributed by atoms with Gasteiger partial charge in [-0.25, -0.2) is 13.1 Å². The van der Waals surface area contributed by atoms with Crippen LogP contribution in [0.1, 0.15) is 30.1 Å². The van der Waals surface area contributed by atoms with Crippen molar-refractivity contribution in [2.45, 2.75) is 30.3 Å². The van der Waals surface area contributed by atoms with E-state index in [0.717, 1.165) is 64.1 Å². The van der Waals surface area contributed by atoms with E-state index >= 15 is 0 Å². The predicted molar refractivity (Wildman–Crippen MR) is 166 cm³/mol. The number of hydrogen-bond acceptors (Lipinski definition) is 6. The molecule has 0 N–H and O–H groups in total. The van der Waals surface area contributed by atoms with Gasteiger partial charge in [0, 0.05) is 23.7 Å². The zero-order valence-electron chi connectivity index (χ0n) is 22.8. The van der Waals surface area contributed by atoms with Crippen LogP contribution in [0.3, 0.4) is 0 Å². The number of methoxy groups -OCH3 is 1. The largest absolute Gasteiger partial charge is 0.497 e. The maximum absolute atomic E-state index is 12.1. The van der Waals surface area contributed by atoms with Crippen molar-refractivity contribution in [3.8, 4) is 32.4 Å². The fraction of sp³-hybridized carbons (Fsp3) is 0.219. The van der Waals surface area contributed by atoms with Crippen LogP contribution in [0.15, 0.2) is 95.9 Å². The van der Waals surface area contributed by atoms with Gasteiger partial charge in [0.2, 0.25) is 0 Å². The Labute approximate surface area is 249 Å². The monoisotopic (exact) mass is 603 g/mol. The molecule has 3 heterocycles. The fourth-order valence-corrected chi connectivity index (χ4v) is 7.31. The molecule has 1 aliphatic rings. The molecule has 210 valence electrons. The van der Waals surface area contributed by atoms with Crippen LogP contribution in [0, 0.1) is 0 Å². The Morgan fingerprint density at radius 1 is 0.976 bits per heavy atom. The first-order valence-corrected chi connectivity index (χ1v) is 16.5. The summed E-state index contributed by atoms with van der Waals surface area (Å²) in [5, 5.41) is 5.69. The molecular weight excluding hydrogens is 574 g/mol. The summed E-state index contributed by atoms with van der Waals surface area (Å²) in [5.74, 6) is 0.861. The number of halogens is 1. The lowest BCUT2D eigenvalue weighted by molar-refractivity contribution is 0.245. The average Bonchev–Trinajstić information content (AvgIpc) is 3.73. The highest BCUT2D eigenvalue weighted by molar-refractivity contribution is 7.90. The van der Waals surface area contributed by atoms with Gasteiger partial charge in [-0.15, -0.1) is 11.3 Å². The lowest BCUT2D eigenvalue weighted by Gasteiger charge is -2.24. The van der Waals surface area contributed by atoms with Crippen LogP contribution >= 0.6 is 22.9 Å². The van der Waals surface area contributed by atoms with E-state index in [1.807, 2.05) is 53.2 Å². The molecule has 6 nitrogen and oxygen atoms in total. The van der Waals surface area contributed by atoms with Gasteiger partial charge in [-0.05, 0) is 85.1 Å². The molecule has 0 amide bonds. The zero-order valence-corrected chi connectivity index (χ0v) is 25.2. The summed E-state index contributed by atoms with van der Waals surface area (Å²) in [6, 6.07) is 29.7. The molecule has 6 rings (SSSR count). The van der Waals surface area contributed by atoms with Crippen LogP contribution in [-0.2, 0) is 16.4 Å². The second-order valence-electron chi connectivity index (χ2n) is 10.2. The minimum Gasteiger partial charge on any atom is -0.497 e. The van der Waals surface area contributed by atoms with Crippen LogP contribution in [0.2, 0.25) is 5.02 Å². The quantitative estimate of drug-likeness (QED) is 0.182. The molecule has 5 aromatic rings. The van der Waals surface area contributed by atoms with E-state index in [4.69, 9.17) is 21.4 Å². The summed E-state index contributed by atoms with van der Waals surface area (Å²) in [4.78, 5) is 4.81. The average molecular weight is 604 g/mol. The first-order chi connectivity index (χ1) is 19.8. The molecule has 0 aliphatic carbocycles. The first-order valence-electron chi connectivity index (χ1n) is 13.4. The first kappa shape index (κ1) is 27.7. The van der Waals surface area contributed by atoms with Crippen LogP contribution in [-0.4, -0.2) is 43.0 Å². The normalized spacial score (nSPS) is 15.8. The predicted octanol–water partition coefficient (Wildman–Crippen LogP) is 7.67. The summed E-state index contributed by atoms with van der Waals surface area (Å²) in [6.07, 6.45) is 3.47. The number of benzene rings is 3. The Hall–Kier alpha value is -3.43.